The first kappa shape index (κ1) is 12.6. The number of aryl methyl sites for hydroxylation is 2. The Hall–Kier alpha value is -1.83. The van der Waals surface area contributed by atoms with Crippen LogP contribution in [-0.2, 0) is 6.42 Å². The third-order valence-corrected chi connectivity index (χ3v) is 3.27. The highest BCUT2D eigenvalue weighted by Gasteiger charge is 2.06. The van der Waals surface area contributed by atoms with Crippen LogP contribution >= 0.6 is 0 Å². The molecule has 1 unspecified atom stereocenters. The van der Waals surface area contributed by atoms with E-state index in [0.717, 1.165) is 17.8 Å². The molecule has 1 aromatic heterocycles. The van der Waals surface area contributed by atoms with Crippen LogP contribution < -0.4 is 5.32 Å². The molecule has 0 spiro atoms. The van der Waals surface area contributed by atoms with Crippen LogP contribution in [0.5, 0.6) is 0 Å². The van der Waals surface area contributed by atoms with Gasteiger partial charge < -0.3 is 5.32 Å². The molecular weight excluding hydrogens is 220 g/mol. The molecule has 0 amide bonds. The van der Waals surface area contributed by atoms with Gasteiger partial charge in [0.1, 0.15) is 0 Å². The van der Waals surface area contributed by atoms with Gasteiger partial charge in [0.05, 0.1) is 11.4 Å². The Balaban J connectivity index is 2.11. The largest absolute Gasteiger partial charge is 0.377 e. The summed E-state index contributed by atoms with van der Waals surface area (Å²) in [5, 5.41) is 3.50. The summed E-state index contributed by atoms with van der Waals surface area (Å²) in [6.07, 6.45) is 2.91. The first-order valence-corrected chi connectivity index (χ1v) is 6.47. The van der Waals surface area contributed by atoms with Gasteiger partial charge in [0.15, 0.2) is 0 Å². The molecule has 2 nitrogen and oxygen atoms in total. The second-order valence-corrected chi connectivity index (χ2v) is 4.60. The van der Waals surface area contributed by atoms with Gasteiger partial charge in [-0.25, -0.2) is 0 Å². The van der Waals surface area contributed by atoms with Crippen molar-refractivity contribution in [1.82, 2.24) is 4.98 Å². The Kier molecular flexibility index (Phi) is 3.98. The number of nitrogens with zero attached hydrogens (tertiary/aromatic N) is 1. The predicted octanol–water partition coefficient (Wildman–Crippen LogP) is 4.13. The molecular formula is C16H20N2. The van der Waals surface area contributed by atoms with Crippen LogP contribution in [0.3, 0.4) is 0 Å². The van der Waals surface area contributed by atoms with Crippen molar-refractivity contribution < 1.29 is 0 Å². The Morgan fingerprint density at radius 3 is 2.50 bits per heavy atom. The molecule has 0 bridgehead atoms. The number of pyridine rings is 1. The summed E-state index contributed by atoms with van der Waals surface area (Å²) in [5.74, 6) is 0. The Labute approximate surface area is 109 Å². The lowest BCUT2D eigenvalue weighted by atomic mass is 10.0. The van der Waals surface area contributed by atoms with E-state index in [1.54, 1.807) is 0 Å². The van der Waals surface area contributed by atoms with Crippen LogP contribution in [0.4, 0.5) is 5.69 Å². The fourth-order valence-corrected chi connectivity index (χ4v) is 2.00. The van der Waals surface area contributed by atoms with E-state index in [0.29, 0.717) is 6.04 Å². The lowest BCUT2D eigenvalue weighted by Crippen LogP contribution is -2.08. The number of anilines is 1. The van der Waals surface area contributed by atoms with Crippen LogP contribution in [0.1, 0.15) is 36.7 Å². The van der Waals surface area contributed by atoms with Crippen LogP contribution in [0.2, 0.25) is 0 Å². The molecule has 0 aliphatic rings. The molecule has 0 radical (unpaired) electrons. The van der Waals surface area contributed by atoms with Crippen molar-refractivity contribution in [3.8, 4) is 0 Å². The van der Waals surface area contributed by atoms with E-state index in [9.17, 15) is 0 Å². The molecule has 0 saturated carbocycles. The molecule has 0 aliphatic carbocycles. The van der Waals surface area contributed by atoms with Gasteiger partial charge in [-0.15, -0.1) is 0 Å². The Morgan fingerprint density at radius 2 is 1.89 bits per heavy atom. The van der Waals surface area contributed by atoms with Gasteiger partial charge in [-0.05, 0) is 43.5 Å². The van der Waals surface area contributed by atoms with Crippen molar-refractivity contribution in [2.24, 2.45) is 0 Å². The number of hydrogen-bond donors (Lipinski definition) is 1. The molecule has 2 heteroatoms. The maximum Gasteiger partial charge on any atom is 0.0603 e. The maximum atomic E-state index is 4.29. The average molecular weight is 240 g/mol. The fraction of sp³-hybridized carbons (Fsp3) is 0.312. The number of rotatable bonds is 4. The molecule has 2 aromatic rings. The minimum atomic E-state index is 0.291. The topological polar surface area (TPSA) is 24.9 Å². The monoisotopic (exact) mass is 240 g/mol. The fourth-order valence-electron chi connectivity index (χ4n) is 2.00. The lowest BCUT2D eigenvalue weighted by Gasteiger charge is -2.17. The lowest BCUT2D eigenvalue weighted by molar-refractivity contribution is 0.877. The maximum absolute atomic E-state index is 4.29. The van der Waals surface area contributed by atoms with E-state index < -0.39 is 0 Å². The van der Waals surface area contributed by atoms with E-state index in [1.165, 1.54) is 11.1 Å². The molecule has 1 aromatic carbocycles. The van der Waals surface area contributed by atoms with Crippen molar-refractivity contribution in [2.45, 2.75) is 33.2 Å². The zero-order valence-electron chi connectivity index (χ0n) is 11.3. The van der Waals surface area contributed by atoms with Crippen molar-refractivity contribution >= 4 is 5.69 Å². The summed E-state index contributed by atoms with van der Waals surface area (Å²) in [7, 11) is 0. The van der Waals surface area contributed by atoms with Gasteiger partial charge in [0.2, 0.25) is 0 Å². The molecule has 2 rings (SSSR count). The Bertz CT molecular complexity index is 503. The van der Waals surface area contributed by atoms with Crippen LogP contribution in [0.25, 0.3) is 0 Å². The second kappa shape index (κ2) is 5.67. The summed E-state index contributed by atoms with van der Waals surface area (Å²) in [6, 6.07) is 13.1. The van der Waals surface area contributed by atoms with Gasteiger partial charge in [0, 0.05) is 12.2 Å². The SMILES string of the molecule is CCc1ccc(C(C)Nc2cccnc2C)cc1. The van der Waals surface area contributed by atoms with Crippen LogP contribution in [-0.4, -0.2) is 4.98 Å². The number of benzene rings is 1. The summed E-state index contributed by atoms with van der Waals surface area (Å²) in [4.78, 5) is 4.29. The molecule has 0 aliphatic heterocycles. The predicted molar refractivity (Wildman–Crippen MR) is 76.8 cm³/mol. The molecule has 0 fully saturated rings. The summed E-state index contributed by atoms with van der Waals surface area (Å²) >= 11 is 0. The van der Waals surface area contributed by atoms with E-state index in [-0.39, 0.29) is 0 Å². The third kappa shape index (κ3) is 2.89. The minimum absolute atomic E-state index is 0.291. The summed E-state index contributed by atoms with van der Waals surface area (Å²) < 4.78 is 0. The van der Waals surface area contributed by atoms with E-state index in [2.05, 4.69) is 54.5 Å². The van der Waals surface area contributed by atoms with Crippen molar-refractivity contribution in [3.05, 3.63) is 59.4 Å². The van der Waals surface area contributed by atoms with Gasteiger partial charge in [-0.3, -0.25) is 4.98 Å². The highest BCUT2D eigenvalue weighted by Crippen LogP contribution is 2.21. The summed E-state index contributed by atoms with van der Waals surface area (Å²) in [6.45, 7) is 6.37. The first-order valence-electron chi connectivity index (χ1n) is 6.47. The zero-order chi connectivity index (χ0) is 13.0. The first-order chi connectivity index (χ1) is 8.70. The minimum Gasteiger partial charge on any atom is -0.377 e. The molecule has 1 heterocycles. The van der Waals surface area contributed by atoms with E-state index in [4.69, 9.17) is 0 Å². The second-order valence-electron chi connectivity index (χ2n) is 4.60. The highest BCUT2D eigenvalue weighted by atomic mass is 14.9. The summed E-state index contributed by atoms with van der Waals surface area (Å²) in [5.41, 5.74) is 4.82. The van der Waals surface area contributed by atoms with E-state index in [1.807, 2.05) is 19.2 Å². The van der Waals surface area contributed by atoms with Gasteiger partial charge in [-0.1, -0.05) is 31.2 Å². The highest BCUT2D eigenvalue weighted by molar-refractivity contribution is 5.48. The Morgan fingerprint density at radius 1 is 1.17 bits per heavy atom. The average Bonchev–Trinajstić information content (AvgIpc) is 2.41. The number of nitrogens with one attached hydrogen (secondary N) is 1. The zero-order valence-corrected chi connectivity index (χ0v) is 11.3. The molecule has 18 heavy (non-hydrogen) atoms. The standard InChI is InChI=1S/C16H20N2/c1-4-14-7-9-15(10-8-14)12(2)18-16-6-5-11-17-13(16)3/h5-12,18H,4H2,1-3H3. The molecule has 1 N–H and O–H groups in total. The molecule has 0 saturated heterocycles. The normalized spacial score (nSPS) is 12.2. The van der Waals surface area contributed by atoms with Crippen LogP contribution in [0, 0.1) is 6.92 Å². The smallest absolute Gasteiger partial charge is 0.0603 e. The van der Waals surface area contributed by atoms with Crippen molar-refractivity contribution in [2.75, 3.05) is 5.32 Å². The molecule has 94 valence electrons. The quantitative estimate of drug-likeness (QED) is 0.869. The van der Waals surface area contributed by atoms with Gasteiger partial charge >= 0.3 is 0 Å². The van der Waals surface area contributed by atoms with Crippen molar-refractivity contribution in [3.63, 3.8) is 0 Å². The number of aromatic nitrogens is 1. The molecule has 1 atom stereocenters. The van der Waals surface area contributed by atoms with E-state index >= 15 is 0 Å². The van der Waals surface area contributed by atoms with Crippen molar-refractivity contribution in [1.29, 1.82) is 0 Å². The number of hydrogen-bond acceptors (Lipinski definition) is 2. The third-order valence-electron chi connectivity index (χ3n) is 3.27. The van der Waals surface area contributed by atoms with Crippen LogP contribution in [0.15, 0.2) is 42.6 Å². The van der Waals surface area contributed by atoms with Gasteiger partial charge in [-0.2, -0.15) is 0 Å². The van der Waals surface area contributed by atoms with Gasteiger partial charge in [0.25, 0.3) is 0 Å².